The molecule has 188 valence electrons. The fourth-order valence-corrected chi connectivity index (χ4v) is 4.01. The Morgan fingerprint density at radius 2 is 1.74 bits per heavy atom. The number of hydrazone groups is 1. The number of halogens is 1. The third-order valence-electron chi connectivity index (χ3n) is 5.86. The Bertz CT molecular complexity index is 1560. The highest BCUT2D eigenvalue weighted by Gasteiger charge is 2.12. The molecule has 0 saturated carbocycles. The first-order valence-corrected chi connectivity index (χ1v) is 12.5. The van der Waals surface area contributed by atoms with E-state index in [2.05, 4.69) is 16.6 Å². The number of hydrogen-bond donors (Lipinski definition) is 1. The minimum atomic E-state index is -0.307. The first-order valence-electron chi connectivity index (χ1n) is 12.1. The number of nitrogens with zero attached hydrogens (tertiary/aromatic N) is 3. The van der Waals surface area contributed by atoms with Crippen molar-refractivity contribution in [3.8, 4) is 22.7 Å². The normalized spacial score (nSPS) is 11.0. The Hall–Kier alpha value is -4.68. The summed E-state index contributed by atoms with van der Waals surface area (Å²) in [4.78, 5) is 12.7. The molecule has 0 bridgehead atoms. The molecule has 0 fully saturated rings. The third kappa shape index (κ3) is 6.17. The maximum atomic E-state index is 12.7. The summed E-state index contributed by atoms with van der Waals surface area (Å²) in [5.74, 6) is 0.421. The lowest BCUT2D eigenvalue weighted by molar-refractivity contribution is 0.0955. The van der Waals surface area contributed by atoms with Gasteiger partial charge >= 0.3 is 0 Å². The second kappa shape index (κ2) is 11.6. The van der Waals surface area contributed by atoms with Gasteiger partial charge in [0.05, 0.1) is 11.9 Å². The van der Waals surface area contributed by atoms with E-state index in [1.807, 2.05) is 90.6 Å². The highest BCUT2D eigenvalue weighted by Crippen LogP contribution is 2.23. The molecule has 5 rings (SSSR count). The quantitative estimate of drug-likeness (QED) is 0.180. The number of rotatable bonds is 8. The molecule has 38 heavy (non-hydrogen) atoms. The summed E-state index contributed by atoms with van der Waals surface area (Å²) >= 11 is 5.91. The van der Waals surface area contributed by atoms with Gasteiger partial charge in [-0.2, -0.15) is 10.2 Å². The van der Waals surface area contributed by atoms with Crippen molar-refractivity contribution in [2.75, 3.05) is 0 Å². The number of carbonyl (C=O) groups excluding carboxylic acids is 1. The average Bonchev–Trinajstić information content (AvgIpc) is 3.38. The van der Waals surface area contributed by atoms with Crippen LogP contribution in [0.5, 0.6) is 5.75 Å². The van der Waals surface area contributed by atoms with Crippen molar-refractivity contribution in [2.45, 2.75) is 13.5 Å². The van der Waals surface area contributed by atoms with Crippen molar-refractivity contribution < 1.29 is 9.53 Å². The fraction of sp³-hybridized carbons (Fsp3) is 0.0645. The van der Waals surface area contributed by atoms with E-state index >= 15 is 0 Å². The predicted molar refractivity (Wildman–Crippen MR) is 151 cm³/mol. The van der Waals surface area contributed by atoms with Crippen molar-refractivity contribution in [3.63, 3.8) is 0 Å². The molecule has 1 amide bonds. The molecule has 0 saturated heterocycles. The minimum Gasteiger partial charge on any atom is -0.489 e. The van der Waals surface area contributed by atoms with Gasteiger partial charge in [-0.1, -0.05) is 65.7 Å². The second-order valence-corrected chi connectivity index (χ2v) is 9.16. The van der Waals surface area contributed by atoms with Gasteiger partial charge in [-0.15, -0.1) is 0 Å². The number of benzene rings is 4. The van der Waals surface area contributed by atoms with Crippen LogP contribution in [0.2, 0.25) is 5.02 Å². The molecular formula is C31H25ClN4O2. The minimum absolute atomic E-state index is 0.307. The fourth-order valence-electron chi connectivity index (χ4n) is 3.89. The van der Waals surface area contributed by atoms with E-state index in [1.165, 1.54) is 0 Å². The van der Waals surface area contributed by atoms with Gasteiger partial charge < -0.3 is 4.74 Å². The molecule has 0 atom stereocenters. The highest BCUT2D eigenvalue weighted by molar-refractivity contribution is 6.30. The summed E-state index contributed by atoms with van der Waals surface area (Å²) < 4.78 is 7.57. The lowest BCUT2D eigenvalue weighted by atomic mass is 10.1. The van der Waals surface area contributed by atoms with Crippen LogP contribution in [0, 0.1) is 6.92 Å². The SMILES string of the molecule is Cc1cccc(-c2nn(-c3ccccc3)cc2/C=N\NC(=O)c2ccc(COc3ccc(Cl)cc3)cc2)c1. The summed E-state index contributed by atoms with van der Waals surface area (Å²) in [6.07, 6.45) is 3.52. The van der Waals surface area contributed by atoms with Gasteiger partial charge in [-0.05, 0) is 67.1 Å². The molecule has 1 N–H and O–H groups in total. The zero-order chi connectivity index (χ0) is 26.3. The maximum absolute atomic E-state index is 12.7. The molecule has 6 nitrogen and oxygen atoms in total. The molecular weight excluding hydrogens is 496 g/mol. The first-order chi connectivity index (χ1) is 18.5. The van der Waals surface area contributed by atoms with Crippen molar-refractivity contribution in [1.82, 2.24) is 15.2 Å². The molecule has 7 heteroatoms. The van der Waals surface area contributed by atoms with E-state index in [0.29, 0.717) is 17.2 Å². The van der Waals surface area contributed by atoms with Gasteiger partial charge in [0.2, 0.25) is 0 Å². The third-order valence-corrected chi connectivity index (χ3v) is 6.11. The van der Waals surface area contributed by atoms with Crippen LogP contribution in [0.1, 0.15) is 27.0 Å². The predicted octanol–water partition coefficient (Wildman–Crippen LogP) is 6.84. The van der Waals surface area contributed by atoms with Gasteiger partial charge in [0, 0.05) is 27.9 Å². The van der Waals surface area contributed by atoms with Crippen molar-refractivity contribution in [2.24, 2.45) is 5.10 Å². The number of ether oxygens (including phenoxy) is 1. The van der Waals surface area contributed by atoms with Crippen molar-refractivity contribution in [1.29, 1.82) is 0 Å². The maximum Gasteiger partial charge on any atom is 0.271 e. The number of aryl methyl sites for hydroxylation is 1. The number of aromatic nitrogens is 2. The molecule has 0 spiro atoms. The lowest BCUT2D eigenvalue weighted by Gasteiger charge is -2.07. The van der Waals surface area contributed by atoms with E-state index in [4.69, 9.17) is 21.4 Å². The Balaban J connectivity index is 1.27. The Kier molecular flexibility index (Phi) is 7.62. The van der Waals surface area contributed by atoms with Crippen LogP contribution in [-0.4, -0.2) is 21.9 Å². The smallest absolute Gasteiger partial charge is 0.271 e. The van der Waals surface area contributed by atoms with Crippen LogP contribution in [0.3, 0.4) is 0 Å². The number of carbonyl (C=O) groups is 1. The molecule has 0 radical (unpaired) electrons. The number of amides is 1. The summed E-state index contributed by atoms with van der Waals surface area (Å²) in [6.45, 7) is 2.43. The van der Waals surface area contributed by atoms with Gasteiger partial charge in [0.25, 0.3) is 5.91 Å². The Morgan fingerprint density at radius 3 is 2.47 bits per heavy atom. The Morgan fingerprint density at radius 1 is 0.974 bits per heavy atom. The van der Waals surface area contributed by atoms with Gasteiger partial charge in [-0.3, -0.25) is 4.79 Å². The van der Waals surface area contributed by atoms with Crippen LogP contribution in [0.15, 0.2) is 114 Å². The standard InChI is InChI=1S/C31H25ClN4O2/c1-22-6-5-7-25(18-22)30-26(20-36(35-30)28-8-3-2-4-9-28)19-33-34-31(37)24-12-10-23(11-13-24)21-38-29-16-14-27(32)15-17-29/h2-20H,21H2,1H3,(H,34,37)/b33-19-. The summed E-state index contributed by atoms with van der Waals surface area (Å²) in [6, 6.07) is 32.4. The van der Waals surface area contributed by atoms with Crippen LogP contribution < -0.4 is 10.2 Å². The van der Waals surface area contributed by atoms with Crippen LogP contribution >= 0.6 is 11.6 Å². The molecule has 4 aromatic carbocycles. The van der Waals surface area contributed by atoms with Crippen LogP contribution in [0.25, 0.3) is 16.9 Å². The molecule has 1 aromatic heterocycles. The monoisotopic (exact) mass is 520 g/mol. The van der Waals surface area contributed by atoms with Crippen LogP contribution in [0.4, 0.5) is 0 Å². The summed E-state index contributed by atoms with van der Waals surface area (Å²) in [5.41, 5.74) is 8.67. The Labute approximate surface area is 226 Å². The van der Waals surface area contributed by atoms with E-state index in [0.717, 1.165) is 39.4 Å². The summed E-state index contributed by atoms with van der Waals surface area (Å²) in [7, 11) is 0. The molecule has 0 unspecified atom stereocenters. The molecule has 5 aromatic rings. The highest BCUT2D eigenvalue weighted by atomic mass is 35.5. The largest absolute Gasteiger partial charge is 0.489 e. The van der Waals surface area contributed by atoms with Crippen molar-refractivity contribution in [3.05, 3.63) is 137 Å². The lowest BCUT2D eigenvalue weighted by Crippen LogP contribution is -2.17. The molecule has 0 aliphatic rings. The first kappa shape index (κ1) is 25.0. The zero-order valence-electron chi connectivity index (χ0n) is 20.7. The van der Waals surface area contributed by atoms with E-state index in [1.54, 1.807) is 30.5 Å². The number of hydrogen-bond acceptors (Lipinski definition) is 4. The van der Waals surface area contributed by atoms with Crippen LogP contribution in [-0.2, 0) is 6.61 Å². The summed E-state index contributed by atoms with van der Waals surface area (Å²) in [5, 5.41) is 9.68. The molecule has 0 aliphatic carbocycles. The van der Waals surface area contributed by atoms with E-state index in [9.17, 15) is 4.79 Å². The number of nitrogens with one attached hydrogen (secondary N) is 1. The van der Waals surface area contributed by atoms with Crippen molar-refractivity contribution >= 4 is 23.7 Å². The van der Waals surface area contributed by atoms with Gasteiger partial charge in [0.1, 0.15) is 18.1 Å². The second-order valence-electron chi connectivity index (χ2n) is 8.72. The number of para-hydroxylation sites is 1. The molecule has 1 heterocycles. The zero-order valence-corrected chi connectivity index (χ0v) is 21.5. The average molecular weight is 521 g/mol. The van der Waals surface area contributed by atoms with Gasteiger partial charge in [0.15, 0.2) is 0 Å². The molecule has 0 aliphatic heterocycles. The van der Waals surface area contributed by atoms with E-state index < -0.39 is 0 Å². The topological polar surface area (TPSA) is 68.5 Å². The van der Waals surface area contributed by atoms with E-state index in [-0.39, 0.29) is 5.91 Å². The van der Waals surface area contributed by atoms with Gasteiger partial charge in [-0.25, -0.2) is 10.1 Å².